The lowest BCUT2D eigenvalue weighted by Crippen LogP contribution is -2.37. The van der Waals surface area contributed by atoms with Crippen LogP contribution < -0.4 is 11.1 Å². The van der Waals surface area contributed by atoms with Crippen molar-refractivity contribution in [3.8, 4) is 0 Å². The van der Waals surface area contributed by atoms with E-state index in [4.69, 9.17) is 5.73 Å². The number of amides is 1. The number of rotatable bonds is 6. The van der Waals surface area contributed by atoms with E-state index in [1.54, 1.807) is 0 Å². The van der Waals surface area contributed by atoms with Gasteiger partial charge in [-0.25, -0.2) is 0 Å². The molecule has 124 valence electrons. The smallest absolute Gasteiger partial charge is 0.223 e. The molecule has 3 atom stereocenters. The summed E-state index contributed by atoms with van der Waals surface area (Å²) in [5, 5.41) is 3.30. The standard InChI is InChI=1S/C18H28N2O.ClH/c1-3-13(4-2)17(14-8-6-5-7-9-14)20-18(21)15-10-11-16(19)12-15;/h5-9,13,15-17H,3-4,10-12,19H2,1-2H3,(H,20,21);1H. The molecule has 0 aromatic heterocycles. The summed E-state index contributed by atoms with van der Waals surface area (Å²) in [6.45, 7) is 4.39. The van der Waals surface area contributed by atoms with Gasteiger partial charge in [0.15, 0.2) is 0 Å². The van der Waals surface area contributed by atoms with Gasteiger partial charge in [-0.3, -0.25) is 4.79 Å². The molecule has 1 fully saturated rings. The molecule has 3 N–H and O–H groups in total. The van der Waals surface area contributed by atoms with E-state index in [-0.39, 0.29) is 36.3 Å². The fourth-order valence-electron chi connectivity index (χ4n) is 3.42. The van der Waals surface area contributed by atoms with E-state index in [1.807, 2.05) is 18.2 Å². The first-order valence-electron chi connectivity index (χ1n) is 8.26. The highest BCUT2D eigenvalue weighted by atomic mass is 35.5. The van der Waals surface area contributed by atoms with Crippen molar-refractivity contribution in [2.45, 2.75) is 58.0 Å². The maximum Gasteiger partial charge on any atom is 0.223 e. The highest BCUT2D eigenvalue weighted by molar-refractivity contribution is 5.85. The Labute approximate surface area is 140 Å². The third-order valence-electron chi connectivity index (χ3n) is 4.82. The lowest BCUT2D eigenvalue weighted by Gasteiger charge is -2.28. The van der Waals surface area contributed by atoms with Crippen LogP contribution in [0, 0.1) is 11.8 Å². The second-order valence-corrected chi connectivity index (χ2v) is 6.24. The Kier molecular flexibility index (Phi) is 7.91. The molecule has 4 heteroatoms. The minimum atomic E-state index is 0. The molecule has 1 aliphatic rings. The van der Waals surface area contributed by atoms with Gasteiger partial charge in [0.1, 0.15) is 0 Å². The molecule has 0 spiro atoms. The van der Waals surface area contributed by atoms with Gasteiger partial charge >= 0.3 is 0 Å². The molecule has 0 bridgehead atoms. The Balaban J connectivity index is 0.00000242. The van der Waals surface area contributed by atoms with E-state index in [0.717, 1.165) is 32.1 Å². The quantitative estimate of drug-likeness (QED) is 0.835. The molecule has 1 aliphatic carbocycles. The van der Waals surface area contributed by atoms with Gasteiger partial charge in [-0.2, -0.15) is 0 Å². The molecule has 1 aromatic rings. The predicted octanol–water partition coefficient (Wildman–Crippen LogP) is 3.83. The van der Waals surface area contributed by atoms with Gasteiger partial charge in [0, 0.05) is 12.0 Å². The first kappa shape index (κ1) is 19.0. The fourth-order valence-corrected chi connectivity index (χ4v) is 3.42. The summed E-state index contributed by atoms with van der Waals surface area (Å²) >= 11 is 0. The Hall–Kier alpha value is -1.06. The average Bonchev–Trinajstić information content (AvgIpc) is 2.95. The van der Waals surface area contributed by atoms with Crippen LogP contribution in [0.15, 0.2) is 30.3 Å². The lowest BCUT2D eigenvalue weighted by atomic mass is 9.88. The van der Waals surface area contributed by atoms with Crippen molar-refractivity contribution in [1.82, 2.24) is 5.32 Å². The van der Waals surface area contributed by atoms with Gasteiger partial charge in [-0.1, -0.05) is 57.0 Å². The number of carbonyl (C=O) groups excluding carboxylic acids is 1. The molecule has 0 radical (unpaired) electrons. The van der Waals surface area contributed by atoms with Gasteiger partial charge in [0.25, 0.3) is 0 Å². The van der Waals surface area contributed by atoms with Crippen LogP contribution in [0.3, 0.4) is 0 Å². The minimum Gasteiger partial charge on any atom is -0.349 e. The van der Waals surface area contributed by atoms with Crippen LogP contribution in [0.25, 0.3) is 0 Å². The van der Waals surface area contributed by atoms with E-state index in [2.05, 4.69) is 31.3 Å². The van der Waals surface area contributed by atoms with Crippen molar-refractivity contribution in [3.05, 3.63) is 35.9 Å². The number of nitrogens with one attached hydrogen (secondary N) is 1. The van der Waals surface area contributed by atoms with E-state index in [0.29, 0.717) is 5.92 Å². The van der Waals surface area contributed by atoms with Crippen molar-refractivity contribution < 1.29 is 4.79 Å². The van der Waals surface area contributed by atoms with Gasteiger partial charge in [-0.05, 0) is 30.7 Å². The first-order valence-corrected chi connectivity index (χ1v) is 8.26. The number of carbonyl (C=O) groups is 1. The van der Waals surface area contributed by atoms with Gasteiger partial charge in [-0.15, -0.1) is 12.4 Å². The normalized spacial score (nSPS) is 22.2. The topological polar surface area (TPSA) is 55.1 Å². The summed E-state index contributed by atoms with van der Waals surface area (Å²) in [4.78, 5) is 12.5. The minimum absolute atomic E-state index is 0. The Bertz CT molecular complexity index is 448. The first-order chi connectivity index (χ1) is 10.2. The molecule has 0 aliphatic heterocycles. The van der Waals surface area contributed by atoms with Crippen LogP contribution in [0.2, 0.25) is 0 Å². The molecule has 0 saturated heterocycles. The third kappa shape index (κ3) is 4.72. The number of halogens is 1. The molecule has 0 heterocycles. The number of hydrogen-bond acceptors (Lipinski definition) is 2. The van der Waals surface area contributed by atoms with Crippen molar-refractivity contribution in [2.75, 3.05) is 0 Å². The van der Waals surface area contributed by atoms with Crippen LogP contribution in [0.5, 0.6) is 0 Å². The van der Waals surface area contributed by atoms with E-state index >= 15 is 0 Å². The molecular weight excluding hydrogens is 296 g/mol. The largest absolute Gasteiger partial charge is 0.349 e. The van der Waals surface area contributed by atoms with E-state index < -0.39 is 0 Å². The zero-order valence-corrected chi connectivity index (χ0v) is 14.4. The summed E-state index contributed by atoms with van der Waals surface area (Å²) in [5.74, 6) is 0.760. The lowest BCUT2D eigenvalue weighted by molar-refractivity contribution is -0.126. The monoisotopic (exact) mass is 324 g/mol. The SMILES string of the molecule is CCC(CC)C(NC(=O)C1CCC(N)C1)c1ccccc1.Cl. The summed E-state index contributed by atoms with van der Waals surface area (Å²) in [5.41, 5.74) is 7.15. The predicted molar refractivity (Wildman–Crippen MR) is 94.0 cm³/mol. The second kappa shape index (κ2) is 9.16. The van der Waals surface area contributed by atoms with Gasteiger partial charge in [0.2, 0.25) is 5.91 Å². The molecule has 1 amide bonds. The molecule has 3 nitrogen and oxygen atoms in total. The highest BCUT2D eigenvalue weighted by Crippen LogP contribution is 2.30. The third-order valence-corrected chi connectivity index (χ3v) is 4.82. The summed E-state index contributed by atoms with van der Waals surface area (Å²) in [6.07, 6.45) is 4.87. The molecule has 1 saturated carbocycles. The van der Waals surface area contributed by atoms with Crippen molar-refractivity contribution >= 4 is 18.3 Å². The van der Waals surface area contributed by atoms with Crippen molar-refractivity contribution in [3.63, 3.8) is 0 Å². The Morgan fingerprint density at radius 3 is 2.36 bits per heavy atom. The van der Waals surface area contributed by atoms with Crippen LogP contribution >= 0.6 is 12.4 Å². The van der Waals surface area contributed by atoms with E-state index in [9.17, 15) is 4.79 Å². The molecule has 22 heavy (non-hydrogen) atoms. The van der Waals surface area contributed by atoms with Crippen LogP contribution in [0.1, 0.15) is 57.6 Å². The zero-order chi connectivity index (χ0) is 15.2. The summed E-state index contributed by atoms with van der Waals surface area (Å²) in [7, 11) is 0. The van der Waals surface area contributed by atoms with Gasteiger partial charge < -0.3 is 11.1 Å². The van der Waals surface area contributed by atoms with Crippen molar-refractivity contribution in [2.24, 2.45) is 17.6 Å². The maximum atomic E-state index is 12.5. The number of benzene rings is 1. The van der Waals surface area contributed by atoms with Crippen LogP contribution in [-0.2, 0) is 4.79 Å². The number of hydrogen-bond donors (Lipinski definition) is 2. The van der Waals surface area contributed by atoms with Crippen LogP contribution in [-0.4, -0.2) is 11.9 Å². The zero-order valence-electron chi connectivity index (χ0n) is 13.6. The molecule has 3 unspecified atom stereocenters. The Morgan fingerprint density at radius 1 is 1.23 bits per heavy atom. The molecular formula is C18H29ClN2O. The Morgan fingerprint density at radius 2 is 1.86 bits per heavy atom. The number of nitrogens with two attached hydrogens (primary N) is 1. The van der Waals surface area contributed by atoms with Crippen molar-refractivity contribution in [1.29, 1.82) is 0 Å². The fraction of sp³-hybridized carbons (Fsp3) is 0.611. The molecule has 1 aromatic carbocycles. The highest BCUT2D eigenvalue weighted by Gasteiger charge is 2.30. The average molecular weight is 325 g/mol. The second-order valence-electron chi connectivity index (χ2n) is 6.24. The summed E-state index contributed by atoms with van der Waals surface area (Å²) < 4.78 is 0. The summed E-state index contributed by atoms with van der Waals surface area (Å²) in [6, 6.07) is 10.7. The van der Waals surface area contributed by atoms with E-state index in [1.165, 1.54) is 5.56 Å². The molecule has 2 rings (SSSR count). The van der Waals surface area contributed by atoms with Crippen LogP contribution in [0.4, 0.5) is 0 Å². The maximum absolute atomic E-state index is 12.5. The van der Waals surface area contributed by atoms with Gasteiger partial charge in [0.05, 0.1) is 6.04 Å².